The summed E-state index contributed by atoms with van der Waals surface area (Å²) in [5.41, 5.74) is 2.24. The molecule has 0 N–H and O–H groups in total. The number of carbonyl (C=O) groups is 1. The van der Waals surface area contributed by atoms with Gasteiger partial charge in [-0.15, -0.1) is 0 Å². The van der Waals surface area contributed by atoms with Crippen molar-refractivity contribution in [3.8, 4) is 0 Å². The maximum absolute atomic E-state index is 11.5. The minimum atomic E-state index is -0.312. The fourth-order valence-corrected chi connectivity index (χ4v) is 9.98. The smallest absolute Gasteiger partial charge is 0.302 e. The van der Waals surface area contributed by atoms with Crippen LogP contribution in [0.5, 0.6) is 0 Å². The van der Waals surface area contributed by atoms with Gasteiger partial charge in [0.05, 0.1) is 12.7 Å². The molecule has 2 aliphatic heterocycles. The molecule has 0 radical (unpaired) electrons. The Morgan fingerprint density at radius 3 is 2.64 bits per heavy atom. The highest BCUT2D eigenvalue weighted by Gasteiger charge is 2.68. The van der Waals surface area contributed by atoms with Crippen LogP contribution in [-0.2, 0) is 19.0 Å². The molecule has 0 amide bonds. The summed E-state index contributed by atoms with van der Waals surface area (Å²) in [5.74, 6) is 3.64. The lowest BCUT2D eigenvalue weighted by Gasteiger charge is -2.58. The van der Waals surface area contributed by atoms with Crippen LogP contribution in [0.1, 0.15) is 92.4 Å². The SMILES string of the molecule is CC(=O)O[C@@H]1CC[C@@]2(C)C(=CC[C@H]3[C@@H]4C[C@@H]5O[C@]6(CC[C@@H](C)CO6)[C@@H](C)[C@@H]5[C@@]4(C)CC[C@@H]32)C1. The van der Waals surface area contributed by atoms with Crippen molar-refractivity contribution in [2.45, 2.75) is 110 Å². The minimum absolute atomic E-state index is 0.0849. The van der Waals surface area contributed by atoms with Crippen LogP contribution in [0.4, 0.5) is 0 Å². The van der Waals surface area contributed by atoms with Gasteiger partial charge in [0.2, 0.25) is 0 Å². The van der Waals surface area contributed by atoms with Gasteiger partial charge in [-0.05, 0) is 85.4 Å². The van der Waals surface area contributed by atoms with Crippen LogP contribution in [0, 0.1) is 46.3 Å². The Hall–Kier alpha value is -0.870. The Kier molecular flexibility index (Phi) is 5.18. The van der Waals surface area contributed by atoms with Crippen LogP contribution < -0.4 is 0 Å². The third-order valence-corrected chi connectivity index (χ3v) is 11.7. The molecule has 2 saturated heterocycles. The maximum atomic E-state index is 11.5. The normalized spacial score (nSPS) is 55.2. The largest absolute Gasteiger partial charge is 0.462 e. The standard InChI is InChI=1S/C29H44O4/c1-17-8-13-29(31-16-17)18(2)26-25(33-29)15-24-22-7-6-20-14-21(32-19(3)30)9-11-27(20,4)23(22)10-12-28(24,26)5/h6,17-18,21-26H,7-16H2,1-5H3/t17-,18+,21-,22-,23+,24+,25+,26+,27+,28+,29-/m1/s1. The molecule has 3 saturated carbocycles. The number of allylic oxidation sites excluding steroid dienone is 1. The second-order valence-corrected chi connectivity index (χ2v) is 13.3. The first-order valence-electron chi connectivity index (χ1n) is 13.8. The fourth-order valence-electron chi connectivity index (χ4n) is 9.98. The maximum Gasteiger partial charge on any atom is 0.302 e. The summed E-state index contributed by atoms with van der Waals surface area (Å²) in [4.78, 5) is 11.5. The molecule has 11 atom stereocenters. The van der Waals surface area contributed by atoms with Gasteiger partial charge < -0.3 is 14.2 Å². The van der Waals surface area contributed by atoms with Crippen molar-refractivity contribution in [2.24, 2.45) is 46.3 Å². The molecule has 33 heavy (non-hydrogen) atoms. The number of hydrogen-bond acceptors (Lipinski definition) is 4. The van der Waals surface area contributed by atoms with E-state index in [0.717, 1.165) is 50.0 Å². The molecule has 184 valence electrons. The number of carbonyl (C=O) groups excluding carboxylic acids is 1. The number of ether oxygens (including phenoxy) is 3. The zero-order chi connectivity index (χ0) is 23.2. The second-order valence-electron chi connectivity index (χ2n) is 13.3. The number of esters is 1. The van der Waals surface area contributed by atoms with Crippen molar-refractivity contribution in [2.75, 3.05) is 6.61 Å². The van der Waals surface area contributed by atoms with Crippen molar-refractivity contribution < 1.29 is 19.0 Å². The molecule has 6 rings (SSSR count). The van der Waals surface area contributed by atoms with Gasteiger partial charge in [-0.1, -0.05) is 39.3 Å². The van der Waals surface area contributed by atoms with Crippen LogP contribution >= 0.6 is 0 Å². The summed E-state index contributed by atoms with van der Waals surface area (Å²) in [6, 6.07) is 0. The molecule has 0 bridgehead atoms. The highest BCUT2D eigenvalue weighted by Crippen LogP contribution is 2.70. The quantitative estimate of drug-likeness (QED) is 0.344. The average Bonchev–Trinajstić information content (AvgIpc) is 3.21. The molecule has 0 aromatic rings. The fraction of sp³-hybridized carbons (Fsp3) is 0.897. The molecule has 4 nitrogen and oxygen atoms in total. The third kappa shape index (κ3) is 3.18. The Balaban J connectivity index is 1.24. The van der Waals surface area contributed by atoms with Crippen molar-refractivity contribution in [1.82, 2.24) is 0 Å². The summed E-state index contributed by atoms with van der Waals surface area (Å²) in [5, 5.41) is 0. The molecular formula is C29H44O4. The lowest BCUT2D eigenvalue weighted by Crippen LogP contribution is -2.52. The molecule has 4 aliphatic carbocycles. The van der Waals surface area contributed by atoms with Crippen LogP contribution in [0.3, 0.4) is 0 Å². The molecule has 0 aromatic carbocycles. The Morgan fingerprint density at radius 2 is 1.91 bits per heavy atom. The molecule has 5 fully saturated rings. The van der Waals surface area contributed by atoms with Gasteiger partial charge in [0.25, 0.3) is 0 Å². The van der Waals surface area contributed by atoms with E-state index in [2.05, 4.69) is 33.8 Å². The average molecular weight is 457 g/mol. The molecule has 4 heteroatoms. The topological polar surface area (TPSA) is 44.8 Å². The predicted molar refractivity (Wildman–Crippen MR) is 127 cm³/mol. The number of hydrogen-bond donors (Lipinski definition) is 0. The zero-order valence-electron chi connectivity index (χ0n) is 21.4. The summed E-state index contributed by atoms with van der Waals surface area (Å²) < 4.78 is 19.0. The summed E-state index contributed by atoms with van der Waals surface area (Å²) in [7, 11) is 0. The van der Waals surface area contributed by atoms with Gasteiger partial charge >= 0.3 is 5.97 Å². The molecule has 6 aliphatic rings. The van der Waals surface area contributed by atoms with E-state index < -0.39 is 0 Å². The highest BCUT2D eigenvalue weighted by atomic mass is 16.7. The van der Waals surface area contributed by atoms with Gasteiger partial charge in [0.1, 0.15) is 6.10 Å². The van der Waals surface area contributed by atoms with Crippen molar-refractivity contribution in [1.29, 1.82) is 0 Å². The Bertz CT molecular complexity index is 841. The minimum Gasteiger partial charge on any atom is -0.462 e. The van der Waals surface area contributed by atoms with Gasteiger partial charge in [0, 0.05) is 25.7 Å². The lowest BCUT2D eigenvalue weighted by atomic mass is 9.47. The number of rotatable bonds is 1. The summed E-state index contributed by atoms with van der Waals surface area (Å²) in [6.45, 7) is 12.3. The predicted octanol–water partition coefficient (Wildman–Crippen LogP) is 6.28. The molecular weight excluding hydrogens is 412 g/mol. The van der Waals surface area contributed by atoms with E-state index in [1.807, 2.05) is 0 Å². The first-order valence-corrected chi connectivity index (χ1v) is 13.8. The molecule has 0 aromatic heterocycles. The Labute approximate surface area is 200 Å². The zero-order valence-corrected chi connectivity index (χ0v) is 21.4. The van der Waals surface area contributed by atoms with Gasteiger partial charge in [-0.3, -0.25) is 4.79 Å². The van der Waals surface area contributed by atoms with E-state index in [0.29, 0.717) is 29.3 Å². The van der Waals surface area contributed by atoms with Crippen LogP contribution in [0.25, 0.3) is 0 Å². The monoisotopic (exact) mass is 456 g/mol. The molecule has 2 heterocycles. The van der Waals surface area contributed by atoms with Crippen molar-refractivity contribution in [3.63, 3.8) is 0 Å². The first kappa shape index (κ1) is 22.6. The van der Waals surface area contributed by atoms with E-state index in [1.54, 1.807) is 12.5 Å². The molecule has 1 spiro atoms. The van der Waals surface area contributed by atoms with E-state index in [4.69, 9.17) is 14.2 Å². The van der Waals surface area contributed by atoms with E-state index in [1.165, 1.54) is 32.1 Å². The van der Waals surface area contributed by atoms with E-state index in [9.17, 15) is 4.79 Å². The van der Waals surface area contributed by atoms with Crippen LogP contribution in [0.15, 0.2) is 11.6 Å². The van der Waals surface area contributed by atoms with E-state index >= 15 is 0 Å². The number of fused-ring (bicyclic) bond motifs is 7. The van der Waals surface area contributed by atoms with E-state index in [-0.39, 0.29) is 23.3 Å². The second kappa shape index (κ2) is 7.56. The van der Waals surface area contributed by atoms with Crippen molar-refractivity contribution in [3.05, 3.63) is 11.6 Å². The van der Waals surface area contributed by atoms with Crippen molar-refractivity contribution >= 4 is 5.97 Å². The summed E-state index contributed by atoms with van der Waals surface area (Å²) in [6.07, 6.45) is 13.6. The van der Waals surface area contributed by atoms with Crippen LogP contribution in [-0.4, -0.2) is 30.6 Å². The van der Waals surface area contributed by atoms with Gasteiger partial charge in [0.15, 0.2) is 5.79 Å². The summed E-state index contributed by atoms with van der Waals surface area (Å²) >= 11 is 0. The highest BCUT2D eigenvalue weighted by molar-refractivity contribution is 5.66. The Morgan fingerprint density at radius 1 is 1.09 bits per heavy atom. The van der Waals surface area contributed by atoms with Crippen LogP contribution in [0.2, 0.25) is 0 Å². The molecule has 0 unspecified atom stereocenters. The third-order valence-electron chi connectivity index (χ3n) is 11.7. The first-order chi connectivity index (χ1) is 15.7. The van der Waals surface area contributed by atoms with Gasteiger partial charge in [-0.2, -0.15) is 0 Å². The lowest BCUT2D eigenvalue weighted by molar-refractivity contribution is -0.272. The van der Waals surface area contributed by atoms with Gasteiger partial charge in [-0.25, -0.2) is 0 Å².